The lowest BCUT2D eigenvalue weighted by Crippen LogP contribution is -2.02. The van der Waals surface area contributed by atoms with E-state index in [0.29, 0.717) is 18.5 Å². The first-order valence-electron chi connectivity index (χ1n) is 4.79. The number of benzene rings is 1. The normalized spacial score (nSPS) is 10.4. The molecular weight excluding hydrogens is 209 g/mol. The minimum atomic E-state index is -0.256. The predicted octanol–water partition coefficient (Wildman–Crippen LogP) is 1.59. The lowest BCUT2D eigenvalue weighted by atomic mass is 10.1. The topological polar surface area (TPSA) is 47.8 Å². The number of carbonyl (C=O) groups is 1. The number of halogens is 1. The minimum absolute atomic E-state index is 0.256. The monoisotopic (exact) mass is 219 g/mol. The van der Waals surface area contributed by atoms with Crippen molar-refractivity contribution < 1.29 is 9.18 Å². The van der Waals surface area contributed by atoms with Crippen molar-refractivity contribution >= 4 is 6.29 Å². The highest BCUT2D eigenvalue weighted by atomic mass is 19.1. The summed E-state index contributed by atoms with van der Waals surface area (Å²) < 4.78 is 14.4. The molecule has 0 unspecified atom stereocenters. The van der Waals surface area contributed by atoms with E-state index < -0.39 is 0 Å². The first kappa shape index (κ1) is 10.5. The van der Waals surface area contributed by atoms with Crippen molar-refractivity contribution in [3.05, 3.63) is 47.0 Å². The van der Waals surface area contributed by atoms with Gasteiger partial charge >= 0.3 is 0 Å². The SMILES string of the molecule is Cc1cc(F)ccc1Cn1cc(C=O)nn1. The Kier molecular flexibility index (Phi) is 2.76. The third-order valence-electron chi connectivity index (χ3n) is 2.31. The van der Waals surface area contributed by atoms with Gasteiger partial charge in [0.1, 0.15) is 11.5 Å². The predicted molar refractivity (Wildman–Crippen MR) is 55.6 cm³/mol. The summed E-state index contributed by atoms with van der Waals surface area (Å²) in [6.07, 6.45) is 2.19. The van der Waals surface area contributed by atoms with E-state index in [9.17, 15) is 9.18 Å². The molecule has 0 saturated carbocycles. The molecule has 0 fully saturated rings. The van der Waals surface area contributed by atoms with E-state index in [1.54, 1.807) is 16.9 Å². The highest BCUT2D eigenvalue weighted by Crippen LogP contribution is 2.11. The van der Waals surface area contributed by atoms with Gasteiger partial charge < -0.3 is 0 Å². The molecule has 0 saturated heterocycles. The lowest BCUT2D eigenvalue weighted by Gasteiger charge is -2.04. The summed E-state index contributed by atoms with van der Waals surface area (Å²) in [5.74, 6) is -0.256. The van der Waals surface area contributed by atoms with Gasteiger partial charge in [0.05, 0.1) is 12.7 Å². The number of nitrogens with zero attached hydrogens (tertiary/aromatic N) is 3. The zero-order valence-corrected chi connectivity index (χ0v) is 8.72. The molecule has 0 spiro atoms. The van der Waals surface area contributed by atoms with E-state index in [-0.39, 0.29) is 5.82 Å². The number of hydrogen-bond donors (Lipinski definition) is 0. The fraction of sp³-hybridized carbons (Fsp3) is 0.182. The largest absolute Gasteiger partial charge is 0.296 e. The number of hydrogen-bond acceptors (Lipinski definition) is 3. The van der Waals surface area contributed by atoms with Crippen LogP contribution in [-0.4, -0.2) is 21.3 Å². The van der Waals surface area contributed by atoms with Crippen LogP contribution in [0.4, 0.5) is 4.39 Å². The van der Waals surface area contributed by atoms with E-state index in [4.69, 9.17) is 0 Å². The summed E-state index contributed by atoms with van der Waals surface area (Å²) in [4.78, 5) is 10.4. The summed E-state index contributed by atoms with van der Waals surface area (Å²) in [7, 11) is 0. The fourth-order valence-electron chi connectivity index (χ4n) is 1.46. The fourth-order valence-corrected chi connectivity index (χ4v) is 1.46. The average molecular weight is 219 g/mol. The Balaban J connectivity index is 2.23. The molecule has 0 N–H and O–H groups in total. The molecular formula is C11H10FN3O. The van der Waals surface area contributed by atoms with Crippen molar-refractivity contribution in [2.45, 2.75) is 13.5 Å². The zero-order chi connectivity index (χ0) is 11.5. The summed E-state index contributed by atoms with van der Waals surface area (Å²) >= 11 is 0. The van der Waals surface area contributed by atoms with E-state index in [1.165, 1.54) is 12.1 Å². The van der Waals surface area contributed by atoms with Crippen LogP contribution in [0, 0.1) is 12.7 Å². The molecule has 82 valence electrons. The highest BCUT2D eigenvalue weighted by Gasteiger charge is 2.03. The van der Waals surface area contributed by atoms with Gasteiger partial charge in [-0.05, 0) is 30.2 Å². The van der Waals surface area contributed by atoms with E-state index in [1.807, 2.05) is 6.92 Å². The maximum absolute atomic E-state index is 12.9. The van der Waals surface area contributed by atoms with Crippen LogP contribution in [0.2, 0.25) is 0 Å². The molecule has 0 atom stereocenters. The third kappa shape index (κ3) is 2.13. The minimum Gasteiger partial charge on any atom is -0.296 e. The van der Waals surface area contributed by atoms with Gasteiger partial charge in [-0.1, -0.05) is 11.3 Å². The van der Waals surface area contributed by atoms with Gasteiger partial charge in [0.25, 0.3) is 0 Å². The second kappa shape index (κ2) is 4.22. The van der Waals surface area contributed by atoms with Crippen LogP contribution < -0.4 is 0 Å². The first-order valence-corrected chi connectivity index (χ1v) is 4.79. The van der Waals surface area contributed by atoms with Crippen LogP contribution in [0.1, 0.15) is 21.6 Å². The Morgan fingerprint density at radius 2 is 2.31 bits per heavy atom. The molecule has 4 nitrogen and oxygen atoms in total. The standard InChI is InChI=1S/C11H10FN3O/c1-8-4-10(12)3-2-9(8)5-15-6-11(7-16)13-14-15/h2-4,6-7H,5H2,1H3. The molecule has 0 bridgehead atoms. The van der Waals surface area contributed by atoms with Crippen molar-refractivity contribution in [3.8, 4) is 0 Å². The van der Waals surface area contributed by atoms with Crippen molar-refractivity contribution in [3.63, 3.8) is 0 Å². The Bertz CT molecular complexity index is 522. The molecule has 0 radical (unpaired) electrons. The molecule has 0 aliphatic rings. The van der Waals surface area contributed by atoms with Gasteiger partial charge in [-0.25, -0.2) is 9.07 Å². The zero-order valence-electron chi connectivity index (χ0n) is 8.72. The summed E-state index contributed by atoms with van der Waals surface area (Å²) in [6, 6.07) is 4.57. The number of aromatic nitrogens is 3. The Morgan fingerprint density at radius 1 is 1.50 bits per heavy atom. The maximum Gasteiger partial charge on any atom is 0.171 e. The molecule has 2 rings (SSSR count). The van der Waals surface area contributed by atoms with E-state index in [0.717, 1.165) is 11.1 Å². The average Bonchev–Trinajstić information content (AvgIpc) is 2.70. The summed E-state index contributed by atoms with van der Waals surface area (Å²) in [6.45, 7) is 2.31. The van der Waals surface area contributed by atoms with Crippen LogP contribution in [0.5, 0.6) is 0 Å². The van der Waals surface area contributed by atoms with Crippen molar-refractivity contribution in [2.24, 2.45) is 0 Å². The lowest BCUT2D eigenvalue weighted by molar-refractivity contribution is 0.111. The first-order chi connectivity index (χ1) is 7.69. The van der Waals surface area contributed by atoms with Gasteiger partial charge in [0.2, 0.25) is 0 Å². The number of aldehydes is 1. The maximum atomic E-state index is 12.9. The van der Waals surface area contributed by atoms with Crippen molar-refractivity contribution in [2.75, 3.05) is 0 Å². The van der Waals surface area contributed by atoms with Crippen LogP contribution >= 0.6 is 0 Å². The Hall–Kier alpha value is -2.04. The van der Waals surface area contributed by atoms with E-state index >= 15 is 0 Å². The van der Waals surface area contributed by atoms with Gasteiger partial charge in [0.15, 0.2) is 6.29 Å². The number of aryl methyl sites for hydroxylation is 1. The van der Waals surface area contributed by atoms with Gasteiger partial charge in [-0.15, -0.1) is 5.10 Å². The van der Waals surface area contributed by atoms with Gasteiger partial charge in [-0.3, -0.25) is 4.79 Å². The van der Waals surface area contributed by atoms with Crippen LogP contribution in [-0.2, 0) is 6.54 Å². The molecule has 0 amide bonds. The molecule has 0 aliphatic heterocycles. The van der Waals surface area contributed by atoms with Crippen molar-refractivity contribution in [1.29, 1.82) is 0 Å². The molecule has 1 aromatic heterocycles. The second-order valence-corrected chi connectivity index (χ2v) is 3.53. The van der Waals surface area contributed by atoms with Crippen LogP contribution in [0.3, 0.4) is 0 Å². The van der Waals surface area contributed by atoms with Crippen LogP contribution in [0.25, 0.3) is 0 Å². The number of rotatable bonds is 3. The quantitative estimate of drug-likeness (QED) is 0.736. The highest BCUT2D eigenvalue weighted by molar-refractivity contribution is 5.70. The van der Waals surface area contributed by atoms with Crippen molar-refractivity contribution in [1.82, 2.24) is 15.0 Å². The Labute approximate surface area is 91.7 Å². The van der Waals surface area contributed by atoms with Crippen LogP contribution in [0.15, 0.2) is 24.4 Å². The molecule has 5 heteroatoms. The summed E-state index contributed by atoms with van der Waals surface area (Å²) in [5, 5.41) is 7.44. The summed E-state index contributed by atoms with van der Waals surface area (Å²) in [5.41, 5.74) is 2.09. The number of carbonyl (C=O) groups excluding carboxylic acids is 1. The molecule has 16 heavy (non-hydrogen) atoms. The van der Waals surface area contributed by atoms with Gasteiger partial charge in [-0.2, -0.15) is 0 Å². The van der Waals surface area contributed by atoms with E-state index in [2.05, 4.69) is 10.3 Å². The van der Waals surface area contributed by atoms with Gasteiger partial charge in [0, 0.05) is 0 Å². The third-order valence-corrected chi connectivity index (χ3v) is 2.31. The molecule has 2 aromatic rings. The molecule has 1 heterocycles. The smallest absolute Gasteiger partial charge is 0.171 e. The molecule has 1 aromatic carbocycles. The molecule has 0 aliphatic carbocycles. The second-order valence-electron chi connectivity index (χ2n) is 3.53. The Morgan fingerprint density at radius 3 is 2.94 bits per heavy atom.